The summed E-state index contributed by atoms with van der Waals surface area (Å²) < 4.78 is 5.11. The molecule has 1 aromatic carbocycles. The van der Waals surface area contributed by atoms with E-state index in [2.05, 4.69) is 36.2 Å². The van der Waals surface area contributed by atoms with Crippen LogP contribution in [-0.2, 0) is 6.42 Å². The lowest BCUT2D eigenvalue weighted by Crippen LogP contribution is -1.87. The van der Waals surface area contributed by atoms with Gasteiger partial charge in [0.05, 0.1) is 7.11 Å². The normalized spacial score (nSPS) is 10.1. The number of rotatable bonds is 3. The monoisotopic (exact) mass is 213 g/mol. The number of ether oxygens (including phenoxy) is 1. The molecule has 0 aliphatic carbocycles. The molecule has 0 N–H and O–H groups in total. The van der Waals surface area contributed by atoms with Gasteiger partial charge in [-0.15, -0.1) is 0 Å². The molecule has 2 aromatic rings. The molecule has 0 saturated carbocycles. The van der Waals surface area contributed by atoms with E-state index < -0.39 is 0 Å². The third-order valence-corrected chi connectivity index (χ3v) is 2.64. The summed E-state index contributed by atoms with van der Waals surface area (Å²) in [6, 6.07) is 12.5. The van der Waals surface area contributed by atoms with Crippen LogP contribution in [0.2, 0.25) is 0 Å². The van der Waals surface area contributed by atoms with E-state index >= 15 is 0 Å². The van der Waals surface area contributed by atoms with E-state index in [1.165, 1.54) is 11.1 Å². The van der Waals surface area contributed by atoms with Crippen molar-refractivity contribution in [2.45, 2.75) is 13.3 Å². The van der Waals surface area contributed by atoms with Crippen LogP contribution in [0, 0.1) is 0 Å². The van der Waals surface area contributed by atoms with Gasteiger partial charge in [-0.1, -0.05) is 31.2 Å². The van der Waals surface area contributed by atoms with Crippen molar-refractivity contribution in [1.82, 2.24) is 4.98 Å². The Balaban J connectivity index is 2.34. The van der Waals surface area contributed by atoms with Crippen molar-refractivity contribution in [3.8, 4) is 17.0 Å². The third kappa shape index (κ3) is 2.22. The molecule has 0 spiro atoms. The number of aromatic nitrogens is 1. The van der Waals surface area contributed by atoms with Crippen molar-refractivity contribution in [1.29, 1.82) is 0 Å². The van der Waals surface area contributed by atoms with Crippen LogP contribution in [0.3, 0.4) is 0 Å². The minimum absolute atomic E-state index is 0.650. The number of methoxy groups -OCH3 is 1. The lowest BCUT2D eigenvalue weighted by atomic mass is 10.0. The SMILES string of the molecule is CCc1ccc(-c2ccnc(OC)c2)cc1. The van der Waals surface area contributed by atoms with Crippen molar-refractivity contribution < 1.29 is 4.74 Å². The fraction of sp³-hybridized carbons (Fsp3) is 0.214. The zero-order valence-corrected chi connectivity index (χ0v) is 9.60. The van der Waals surface area contributed by atoms with Crippen LogP contribution in [0.15, 0.2) is 42.6 Å². The average Bonchev–Trinajstić information content (AvgIpc) is 2.39. The first-order valence-electron chi connectivity index (χ1n) is 5.43. The van der Waals surface area contributed by atoms with Gasteiger partial charge in [-0.25, -0.2) is 4.98 Å². The summed E-state index contributed by atoms with van der Waals surface area (Å²) in [4.78, 5) is 4.09. The Morgan fingerprint density at radius 2 is 1.81 bits per heavy atom. The highest BCUT2D eigenvalue weighted by Crippen LogP contribution is 2.22. The Bertz CT molecular complexity index is 462. The number of pyridine rings is 1. The van der Waals surface area contributed by atoms with Crippen molar-refractivity contribution in [3.63, 3.8) is 0 Å². The fourth-order valence-corrected chi connectivity index (χ4v) is 1.63. The molecule has 1 heterocycles. The summed E-state index contributed by atoms with van der Waals surface area (Å²) in [7, 11) is 1.63. The van der Waals surface area contributed by atoms with E-state index in [9.17, 15) is 0 Å². The van der Waals surface area contributed by atoms with E-state index in [0.29, 0.717) is 5.88 Å². The summed E-state index contributed by atoms with van der Waals surface area (Å²) in [5.41, 5.74) is 3.68. The molecule has 2 rings (SSSR count). The third-order valence-electron chi connectivity index (χ3n) is 2.64. The van der Waals surface area contributed by atoms with Crippen molar-refractivity contribution in [2.75, 3.05) is 7.11 Å². The summed E-state index contributed by atoms with van der Waals surface area (Å²) in [6.07, 6.45) is 2.84. The number of nitrogens with zero attached hydrogens (tertiary/aromatic N) is 1. The van der Waals surface area contributed by atoms with Crippen LogP contribution in [0.4, 0.5) is 0 Å². The molecular formula is C14H15NO. The van der Waals surface area contributed by atoms with Crippen LogP contribution in [0.5, 0.6) is 5.88 Å². The highest BCUT2D eigenvalue weighted by atomic mass is 16.5. The highest BCUT2D eigenvalue weighted by molar-refractivity contribution is 5.64. The van der Waals surface area contributed by atoms with Crippen molar-refractivity contribution >= 4 is 0 Å². The molecule has 0 unspecified atom stereocenters. The number of aryl methyl sites for hydroxylation is 1. The molecule has 0 aliphatic rings. The molecule has 0 amide bonds. The lowest BCUT2D eigenvalue weighted by molar-refractivity contribution is 0.398. The second-order valence-electron chi connectivity index (χ2n) is 3.64. The van der Waals surface area contributed by atoms with Crippen LogP contribution in [-0.4, -0.2) is 12.1 Å². The first-order valence-corrected chi connectivity index (χ1v) is 5.43. The van der Waals surface area contributed by atoms with Crippen LogP contribution < -0.4 is 4.74 Å². The Labute approximate surface area is 95.9 Å². The Kier molecular flexibility index (Phi) is 3.20. The van der Waals surface area contributed by atoms with Gasteiger partial charge in [0.15, 0.2) is 0 Å². The molecule has 0 atom stereocenters. The Morgan fingerprint density at radius 1 is 1.06 bits per heavy atom. The van der Waals surface area contributed by atoms with E-state index in [1.54, 1.807) is 13.3 Å². The number of hydrogen-bond acceptors (Lipinski definition) is 2. The molecule has 2 nitrogen and oxygen atoms in total. The van der Waals surface area contributed by atoms with E-state index in [1.807, 2.05) is 12.1 Å². The fourth-order valence-electron chi connectivity index (χ4n) is 1.63. The zero-order chi connectivity index (χ0) is 11.4. The largest absolute Gasteiger partial charge is 0.481 e. The van der Waals surface area contributed by atoms with Gasteiger partial charge >= 0.3 is 0 Å². The average molecular weight is 213 g/mol. The molecule has 0 radical (unpaired) electrons. The first-order chi connectivity index (χ1) is 7.83. The van der Waals surface area contributed by atoms with E-state index in [0.717, 1.165) is 12.0 Å². The molecular weight excluding hydrogens is 198 g/mol. The number of benzene rings is 1. The zero-order valence-electron chi connectivity index (χ0n) is 9.60. The molecule has 1 aromatic heterocycles. The second kappa shape index (κ2) is 4.79. The first kappa shape index (κ1) is 10.7. The van der Waals surface area contributed by atoms with Crippen molar-refractivity contribution in [2.24, 2.45) is 0 Å². The molecule has 2 heteroatoms. The maximum Gasteiger partial charge on any atom is 0.213 e. The Morgan fingerprint density at radius 3 is 2.44 bits per heavy atom. The lowest BCUT2D eigenvalue weighted by Gasteiger charge is -2.04. The highest BCUT2D eigenvalue weighted by Gasteiger charge is 2.00. The van der Waals surface area contributed by atoms with Gasteiger partial charge in [0.1, 0.15) is 0 Å². The number of hydrogen-bond donors (Lipinski definition) is 0. The Hall–Kier alpha value is -1.83. The second-order valence-corrected chi connectivity index (χ2v) is 3.64. The summed E-state index contributed by atoms with van der Waals surface area (Å²) in [6.45, 7) is 2.16. The topological polar surface area (TPSA) is 22.1 Å². The van der Waals surface area contributed by atoms with Crippen LogP contribution in [0.1, 0.15) is 12.5 Å². The van der Waals surface area contributed by atoms with Gasteiger partial charge in [-0.05, 0) is 29.2 Å². The van der Waals surface area contributed by atoms with Crippen LogP contribution >= 0.6 is 0 Å². The van der Waals surface area contributed by atoms with Gasteiger partial charge in [0.2, 0.25) is 5.88 Å². The molecule has 0 fully saturated rings. The standard InChI is InChI=1S/C14H15NO/c1-3-11-4-6-12(7-5-11)13-8-9-15-14(10-13)16-2/h4-10H,3H2,1-2H3. The predicted molar refractivity (Wildman–Crippen MR) is 65.6 cm³/mol. The summed E-state index contributed by atoms with van der Waals surface area (Å²) in [5.74, 6) is 0.650. The quantitative estimate of drug-likeness (QED) is 0.780. The van der Waals surface area contributed by atoms with Gasteiger partial charge in [0.25, 0.3) is 0 Å². The molecule has 16 heavy (non-hydrogen) atoms. The minimum Gasteiger partial charge on any atom is -0.481 e. The van der Waals surface area contributed by atoms with Gasteiger partial charge < -0.3 is 4.74 Å². The molecule has 0 aliphatic heterocycles. The maximum absolute atomic E-state index is 5.11. The predicted octanol–water partition coefficient (Wildman–Crippen LogP) is 3.32. The smallest absolute Gasteiger partial charge is 0.213 e. The van der Waals surface area contributed by atoms with Crippen molar-refractivity contribution in [3.05, 3.63) is 48.2 Å². The van der Waals surface area contributed by atoms with E-state index in [-0.39, 0.29) is 0 Å². The summed E-state index contributed by atoms with van der Waals surface area (Å²) in [5, 5.41) is 0. The van der Waals surface area contributed by atoms with Crippen LogP contribution in [0.25, 0.3) is 11.1 Å². The van der Waals surface area contributed by atoms with Gasteiger partial charge in [0, 0.05) is 12.3 Å². The minimum atomic E-state index is 0.650. The maximum atomic E-state index is 5.11. The molecule has 82 valence electrons. The van der Waals surface area contributed by atoms with Gasteiger partial charge in [-0.2, -0.15) is 0 Å². The molecule has 0 bridgehead atoms. The molecule has 0 saturated heterocycles. The van der Waals surface area contributed by atoms with E-state index in [4.69, 9.17) is 4.74 Å². The summed E-state index contributed by atoms with van der Waals surface area (Å²) >= 11 is 0. The van der Waals surface area contributed by atoms with Gasteiger partial charge in [-0.3, -0.25) is 0 Å².